The molecule has 0 radical (unpaired) electrons. The molecule has 0 aliphatic carbocycles. The van der Waals surface area contributed by atoms with Gasteiger partial charge in [-0.15, -0.1) is 0 Å². The molecule has 0 aromatic heterocycles. The van der Waals surface area contributed by atoms with E-state index >= 15 is 0 Å². The molecule has 0 bridgehead atoms. The lowest BCUT2D eigenvalue weighted by Crippen LogP contribution is -2.08. The second kappa shape index (κ2) is 8.54. The summed E-state index contributed by atoms with van der Waals surface area (Å²) in [5, 5.41) is 9.20. The normalized spacial score (nSPS) is 10.8. The summed E-state index contributed by atoms with van der Waals surface area (Å²) in [7, 11) is 0. The van der Waals surface area contributed by atoms with Crippen molar-refractivity contribution in [1.82, 2.24) is 0 Å². The number of carbonyl (C=O) groups excluding carboxylic acids is 1. The number of aryl methyl sites for hydroxylation is 1. The smallest absolute Gasteiger partial charge is 0.349 e. The average molecular weight is 321 g/mol. The predicted octanol–water partition coefficient (Wildman–Crippen LogP) is 4.04. The Morgan fingerprint density at radius 3 is 2.54 bits per heavy atom. The van der Waals surface area contributed by atoms with Gasteiger partial charge >= 0.3 is 5.97 Å². The van der Waals surface area contributed by atoms with Gasteiger partial charge in [0.2, 0.25) is 0 Å². The number of esters is 1. The maximum atomic E-state index is 12.1. The van der Waals surface area contributed by atoms with E-state index in [1.165, 1.54) is 6.08 Å². The fraction of sp³-hybridized carbons (Fsp3) is 0.200. The molecule has 0 saturated carbocycles. The number of ether oxygens (including phenoxy) is 2. The summed E-state index contributed by atoms with van der Waals surface area (Å²) in [4.78, 5) is 12.1. The summed E-state index contributed by atoms with van der Waals surface area (Å²) in [6.07, 6.45) is 1.52. The van der Waals surface area contributed by atoms with Gasteiger partial charge in [-0.3, -0.25) is 0 Å². The molecule has 122 valence electrons. The summed E-state index contributed by atoms with van der Waals surface area (Å²) in [6.45, 7) is 4.45. The number of nitriles is 1. The molecule has 0 saturated heterocycles. The molecule has 2 aromatic rings. The van der Waals surface area contributed by atoms with E-state index in [0.717, 1.165) is 16.7 Å². The third kappa shape index (κ3) is 4.72. The van der Waals surface area contributed by atoms with Gasteiger partial charge in [0.15, 0.2) is 0 Å². The van der Waals surface area contributed by atoms with E-state index in [0.29, 0.717) is 12.4 Å². The van der Waals surface area contributed by atoms with E-state index in [2.05, 4.69) is 0 Å². The maximum Gasteiger partial charge on any atom is 0.349 e. The molecule has 0 amide bonds. The molecule has 4 heteroatoms. The average Bonchev–Trinajstić information content (AvgIpc) is 2.60. The predicted molar refractivity (Wildman–Crippen MR) is 92.2 cm³/mol. The van der Waals surface area contributed by atoms with Crippen LogP contribution in [-0.4, -0.2) is 12.6 Å². The van der Waals surface area contributed by atoms with Crippen LogP contribution in [0.2, 0.25) is 0 Å². The molecule has 2 aromatic carbocycles. The number of rotatable bonds is 6. The first-order chi connectivity index (χ1) is 11.6. The topological polar surface area (TPSA) is 59.3 Å². The summed E-state index contributed by atoms with van der Waals surface area (Å²) in [5.74, 6) is 0.0261. The number of benzene rings is 2. The number of carbonyl (C=O) groups is 1. The Labute approximate surface area is 141 Å². The number of hydrogen-bond donors (Lipinski definition) is 0. The Bertz CT molecular complexity index is 770. The Kier molecular flexibility index (Phi) is 6.16. The minimum Gasteiger partial charge on any atom is -0.493 e. The first-order valence-electron chi connectivity index (χ1n) is 7.70. The summed E-state index contributed by atoms with van der Waals surface area (Å²) < 4.78 is 10.7. The largest absolute Gasteiger partial charge is 0.493 e. The van der Waals surface area contributed by atoms with Crippen LogP contribution in [0.15, 0.2) is 54.1 Å². The third-order valence-corrected chi connectivity index (χ3v) is 3.36. The minimum absolute atomic E-state index is 0.0345. The van der Waals surface area contributed by atoms with Crippen molar-refractivity contribution in [1.29, 1.82) is 5.26 Å². The third-order valence-electron chi connectivity index (χ3n) is 3.36. The number of para-hydroxylation sites is 1. The van der Waals surface area contributed by atoms with Gasteiger partial charge in [0.05, 0.1) is 6.61 Å². The number of nitrogens with zero attached hydrogens (tertiary/aromatic N) is 1. The van der Waals surface area contributed by atoms with Gasteiger partial charge in [0.25, 0.3) is 0 Å². The van der Waals surface area contributed by atoms with Gasteiger partial charge in [-0.2, -0.15) is 5.26 Å². The second-order valence-electron chi connectivity index (χ2n) is 5.20. The van der Waals surface area contributed by atoms with Gasteiger partial charge in [0, 0.05) is 5.56 Å². The first-order valence-corrected chi connectivity index (χ1v) is 7.70. The lowest BCUT2D eigenvalue weighted by molar-refractivity contribution is -0.139. The van der Waals surface area contributed by atoms with E-state index in [1.807, 2.05) is 68.4 Å². The zero-order chi connectivity index (χ0) is 17.4. The van der Waals surface area contributed by atoms with Crippen molar-refractivity contribution >= 4 is 12.0 Å². The van der Waals surface area contributed by atoms with Crippen LogP contribution in [0.1, 0.15) is 23.6 Å². The molecule has 0 heterocycles. The molecule has 0 fully saturated rings. The van der Waals surface area contributed by atoms with Crippen LogP contribution in [0.4, 0.5) is 0 Å². The maximum absolute atomic E-state index is 12.1. The van der Waals surface area contributed by atoms with E-state index in [-0.39, 0.29) is 12.2 Å². The molecule has 0 spiro atoms. The zero-order valence-electron chi connectivity index (χ0n) is 13.8. The lowest BCUT2D eigenvalue weighted by atomic mass is 10.1. The van der Waals surface area contributed by atoms with E-state index < -0.39 is 5.97 Å². The summed E-state index contributed by atoms with van der Waals surface area (Å²) in [6, 6.07) is 16.8. The van der Waals surface area contributed by atoms with Crippen LogP contribution in [-0.2, 0) is 16.1 Å². The molecule has 0 N–H and O–H groups in total. The van der Waals surface area contributed by atoms with Crippen LogP contribution >= 0.6 is 0 Å². The van der Waals surface area contributed by atoms with Gasteiger partial charge < -0.3 is 9.47 Å². The van der Waals surface area contributed by atoms with E-state index in [4.69, 9.17) is 9.47 Å². The molecule has 0 aliphatic rings. The van der Waals surface area contributed by atoms with Gasteiger partial charge in [0.1, 0.15) is 24.0 Å². The SMILES string of the molecule is CCOc1ccccc1COC(=O)/C(C#N)=C/c1ccc(C)cc1. The quantitative estimate of drug-likeness (QED) is 0.457. The highest BCUT2D eigenvalue weighted by molar-refractivity contribution is 5.97. The van der Waals surface area contributed by atoms with E-state index in [1.54, 1.807) is 0 Å². The molecular weight excluding hydrogens is 302 g/mol. The zero-order valence-corrected chi connectivity index (χ0v) is 13.8. The Morgan fingerprint density at radius 1 is 1.17 bits per heavy atom. The van der Waals surface area contributed by atoms with Crippen LogP contribution in [0.3, 0.4) is 0 Å². The monoisotopic (exact) mass is 321 g/mol. The molecule has 4 nitrogen and oxygen atoms in total. The lowest BCUT2D eigenvalue weighted by Gasteiger charge is -2.10. The summed E-state index contributed by atoms with van der Waals surface area (Å²) in [5.41, 5.74) is 2.62. The molecular formula is C20H19NO3. The highest BCUT2D eigenvalue weighted by Gasteiger charge is 2.12. The molecule has 24 heavy (non-hydrogen) atoms. The molecule has 0 unspecified atom stereocenters. The standard InChI is InChI=1S/C20H19NO3/c1-3-23-19-7-5-4-6-17(19)14-24-20(22)18(13-21)12-16-10-8-15(2)9-11-16/h4-12H,3,14H2,1-2H3/b18-12+. The Hall–Kier alpha value is -3.06. The van der Waals surface area contributed by atoms with Crippen LogP contribution in [0.5, 0.6) is 5.75 Å². The van der Waals surface area contributed by atoms with Crippen molar-refractivity contribution in [3.8, 4) is 11.8 Å². The van der Waals surface area contributed by atoms with Crippen LogP contribution < -0.4 is 4.74 Å². The van der Waals surface area contributed by atoms with Crippen molar-refractivity contribution in [2.45, 2.75) is 20.5 Å². The molecule has 2 rings (SSSR count). The highest BCUT2D eigenvalue weighted by Crippen LogP contribution is 2.19. The van der Waals surface area contributed by atoms with Crippen molar-refractivity contribution in [3.63, 3.8) is 0 Å². The van der Waals surface area contributed by atoms with Gasteiger partial charge in [-0.25, -0.2) is 4.79 Å². The van der Waals surface area contributed by atoms with Gasteiger partial charge in [-0.05, 0) is 31.6 Å². The summed E-state index contributed by atoms with van der Waals surface area (Å²) >= 11 is 0. The first kappa shape index (κ1) is 17.3. The highest BCUT2D eigenvalue weighted by atomic mass is 16.5. The van der Waals surface area contributed by atoms with Crippen molar-refractivity contribution in [2.24, 2.45) is 0 Å². The van der Waals surface area contributed by atoms with Crippen molar-refractivity contribution in [3.05, 3.63) is 70.8 Å². The van der Waals surface area contributed by atoms with Crippen LogP contribution in [0.25, 0.3) is 6.08 Å². The Balaban J connectivity index is 2.08. The fourth-order valence-corrected chi connectivity index (χ4v) is 2.11. The number of hydrogen-bond acceptors (Lipinski definition) is 4. The van der Waals surface area contributed by atoms with E-state index in [9.17, 15) is 10.1 Å². The van der Waals surface area contributed by atoms with Crippen LogP contribution in [0, 0.1) is 18.3 Å². The molecule has 0 aliphatic heterocycles. The van der Waals surface area contributed by atoms with Crippen molar-refractivity contribution in [2.75, 3.05) is 6.61 Å². The molecule has 0 atom stereocenters. The minimum atomic E-state index is -0.649. The fourth-order valence-electron chi connectivity index (χ4n) is 2.11. The van der Waals surface area contributed by atoms with Crippen molar-refractivity contribution < 1.29 is 14.3 Å². The van der Waals surface area contributed by atoms with Gasteiger partial charge in [-0.1, -0.05) is 48.0 Å². The Morgan fingerprint density at radius 2 is 1.88 bits per heavy atom. The second-order valence-corrected chi connectivity index (χ2v) is 5.20.